The highest BCUT2D eigenvalue weighted by Crippen LogP contribution is 2.27. The number of nitrogens with zero attached hydrogens (tertiary/aromatic N) is 1. The SMILES string of the molecule is CN=C(NCCc1ccc(OC)c(OC)c1)NCCc1cccc(F)c1F.I. The van der Waals surface area contributed by atoms with Crippen LogP contribution in [-0.4, -0.2) is 40.3 Å². The summed E-state index contributed by atoms with van der Waals surface area (Å²) in [4.78, 5) is 4.13. The highest BCUT2D eigenvalue weighted by atomic mass is 127. The van der Waals surface area contributed by atoms with Crippen molar-refractivity contribution in [1.29, 1.82) is 0 Å². The molecule has 0 aliphatic rings. The second kappa shape index (κ2) is 12.4. The van der Waals surface area contributed by atoms with Crippen molar-refractivity contribution in [2.75, 3.05) is 34.4 Å². The third-order valence-corrected chi connectivity index (χ3v) is 4.10. The molecule has 0 heterocycles. The van der Waals surface area contributed by atoms with E-state index >= 15 is 0 Å². The normalized spacial score (nSPS) is 10.8. The van der Waals surface area contributed by atoms with Gasteiger partial charge < -0.3 is 20.1 Å². The number of halogens is 3. The summed E-state index contributed by atoms with van der Waals surface area (Å²) in [6.45, 7) is 1.10. The number of methoxy groups -OCH3 is 2. The summed E-state index contributed by atoms with van der Waals surface area (Å²) >= 11 is 0. The van der Waals surface area contributed by atoms with Gasteiger partial charge in [-0.2, -0.15) is 0 Å². The number of guanidine groups is 1. The Bertz CT molecular complexity index is 788. The van der Waals surface area contributed by atoms with E-state index in [0.29, 0.717) is 42.5 Å². The lowest BCUT2D eigenvalue weighted by Gasteiger charge is -2.13. The van der Waals surface area contributed by atoms with E-state index in [0.717, 1.165) is 18.1 Å². The smallest absolute Gasteiger partial charge is 0.190 e. The topological polar surface area (TPSA) is 54.9 Å². The Morgan fingerprint density at radius 1 is 0.964 bits per heavy atom. The molecule has 8 heteroatoms. The largest absolute Gasteiger partial charge is 0.493 e. The van der Waals surface area contributed by atoms with Crippen molar-refractivity contribution < 1.29 is 18.3 Å². The number of rotatable bonds is 8. The van der Waals surface area contributed by atoms with Crippen LogP contribution >= 0.6 is 24.0 Å². The first kappa shape index (κ1) is 23.9. The average molecular weight is 505 g/mol. The zero-order valence-electron chi connectivity index (χ0n) is 16.2. The van der Waals surface area contributed by atoms with Gasteiger partial charge in [0.15, 0.2) is 29.1 Å². The van der Waals surface area contributed by atoms with E-state index in [1.165, 1.54) is 6.07 Å². The predicted molar refractivity (Wildman–Crippen MR) is 118 cm³/mol. The summed E-state index contributed by atoms with van der Waals surface area (Å²) in [6, 6.07) is 9.97. The lowest BCUT2D eigenvalue weighted by Crippen LogP contribution is -2.39. The second-order valence-electron chi connectivity index (χ2n) is 5.83. The maximum absolute atomic E-state index is 13.6. The highest BCUT2D eigenvalue weighted by Gasteiger charge is 2.08. The molecule has 0 unspecified atom stereocenters. The molecule has 0 atom stereocenters. The number of hydrogen-bond donors (Lipinski definition) is 2. The van der Waals surface area contributed by atoms with Gasteiger partial charge in [0.1, 0.15) is 0 Å². The lowest BCUT2D eigenvalue weighted by atomic mass is 10.1. The zero-order chi connectivity index (χ0) is 19.6. The number of aliphatic imine (C=N–C) groups is 1. The van der Waals surface area contributed by atoms with Crippen molar-refractivity contribution in [2.45, 2.75) is 12.8 Å². The van der Waals surface area contributed by atoms with Crippen LogP contribution in [0.5, 0.6) is 11.5 Å². The molecular formula is C20H26F2IN3O2. The molecular weight excluding hydrogens is 479 g/mol. The predicted octanol–water partition coefficient (Wildman–Crippen LogP) is 3.55. The van der Waals surface area contributed by atoms with Gasteiger partial charge >= 0.3 is 0 Å². The van der Waals surface area contributed by atoms with Crippen LogP contribution in [-0.2, 0) is 12.8 Å². The van der Waals surface area contributed by atoms with Gasteiger partial charge in [0.05, 0.1) is 14.2 Å². The van der Waals surface area contributed by atoms with E-state index in [-0.39, 0.29) is 24.0 Å². The summed E-state index contributed by atoms with van der Waals surface area (Å²) < 4.78 is 37.4. The summed E-state index contributed by atoms with van der Waals surface area (Å²) in [5.41, 5.74) is 1.43. The fraction of sp³-hybridized carbons (Fsp3) is 0.350. The number of hydrogen-bond acceptors (Lipinski definition) is 3. The van der Waals surface area contributed by atoms with E-state index in [2.05, 4.69) is 15.6 Å². The van der Waals surface area contributed by atoms with Gasteiger partial charge in [-0.25, -0.2) is 8.78 Å². The Balaban J connectivity index is 0.00000392. The van der Waals surface area contributed by atoms with Crippen LogP contribution in [0.1, 0.15) is 11.1 Å². The molecule has 28 heavy (non-hydrogen) atoms. The van der Waals surface area contributed by atoms with Crippen LogP contribution in [0, 0.1) is 11.6 Å². The van der Waals surface area contributed by atoms with Crippen molar-refractivity contribution in [3.05, 3.63) is 59.2 Å². The van der Waals surface area contributed by atoms with Crippen molar-refractivity contribution in [2.24, 2.45) is 4.99 Å². The van der Waals surface area contributed by atoms with Crippen LogP contribution in [0.15, 0.2) is 41.4 Å². The first-order valence-corrected chi connectivity index (χ1v) is 8.67. The summed E-state index contributed by atoms with van der Waals surface area (Å²) in [6.07, 6.45) is 1.12. The standard InChI is InChI=1S/C20H25F2N3O2.HI/c1-23-20(25-12-10-15-5-4-6-16(21)19(15)22)24-11-9-14-7-8-17(26-2)18(13-14)27-3;/h4-8,13H,9-12H2,1-3H3,(H2,23,24,25);1H. The van der Waals surface area contributed by atoms with E-state index in [9.17, 15) is 8.78 Å². The van der Waals surface area contributed by atoms with Gasteiger partial charge in [-0.3, -0.25) is 4.99 Å². The van der Waals surface area contributed by atoms with Crippen LogP contribution < -0.4 is 20.1 Å². The van der Waals surface area contributed by atoms with E-state index in [4.69, 9.17) is 9.47 Å². The molecule has 0 saturated carbocycles. The minimum absolute atomic E-state index is 0. The molecule has 0 spiro atoms. The molecule has 0 aliphatic carbocycles. The summed E-state index contributed by atoms with van der Waals surface area (Å²) in [5.74, 6) is 0.360. The van der Waals surface area contributed by atoms with Crippen LogP contribution in [0.4, 0.5) is 8.78 Å². The maximum Gasteiger partial charge on any atom is 0.190 e. The minimum Gasteiger partial charge on any atom is -0.493 e. The molecule has 2 aromatic carbocycles. The van der Waals surface area contributed by atoms with Gasteiger partial charge in [0.2, 0.25) is 0 Å². The number of benzene rings is 2. The second-order valence-corrected chi connectivity index (χ2v) is 5.83. The molecule has 0 aromatic heterocycles. The van der Waals surface area contributed by atoms with Crippen molar-refractivity contribution in [3.63, 3.8) is 0 Å². The van der Waals surface area contributed by atoms with Gasteiger partial charge in [-0.15, -0.1) is 24.0 Å². The van der Waals surface area contributed by atoms with E-state index in [1.54, 1.807) is 27.3 Å². The molecule has 0 aliphatic heterocycles. The van der Waals surface area contributed by atoms with Gasteiger partial charge in [0, 0.05) is 20.1 Å². The third-order valence-electron chi connectivity index (χ3n) is 4.10. The Kier molecular flexibility index (Phi) is 10.6. The fourth-order valence-electron chi connectivity index (χ4n) is 2.64. The Morgan fingerprint density at radius 3 is 2.29 bits per heavy atom. The van der Waals surface area contributed by atoms with Crippen LogP contribution in [0.25, 0.3) is 0 Å². The molecule has 0 saturated heterocycles. The Morgan fingerprint density at radius 2 is 1.64 bits per heavy atom. The highest BCUT2D eigenvalue weighted by molar-refractivity contribution is 14.0. The third kappa shape index (κ3) is 6.81. The molecule has 2 N–H and O–H groups in total. The molecule has 154 valence electrons. The lowest BCUT2D eigenvalue weighted by molar-refractivity contribution is 0.354. The van der Waals surface area contributed by atoms with Crippen molar-refractivity contribution >= 4 is 29.9 Å². The Hall–Kier alpha value is -2.10. The van der Waals surface area contributed by atoms with E-state index < -0.39 is 11.6 Å². The van der Waals surface area contributed by atoms with Gasteiger partial charge in [0.25, 0.3) is 0 Å². The van der Waals surface area contributed by atoms with Crippen LogP contribution in [0.3, 0.4) is 0 Å². The fourth-order valence-corrected chi connectivity index (χ4v) is 2.64. The van der Waals surface area contributed by atoms with Crippen LogP contribution in [0.2, 0.25) is 0 Å². The molecule has 2 rings (SSSR count). The Labute approximate surface area is 181 Å². The summed E-state index contributed by atoms with van der Waals surface area (Å²) in [7, 11) is 4.87. The molecule has 0 bridgehead atoms. The first-order valence-electron chi connectivity index (χ1n) is 8.67. The monoisotopic (exact) mass is 505 g/mol. The minimum atomic E-state index is -0.829. The molecule has 0 radical (unpaired) electrons. The number of nitrogens with one attached hydrogen (secondary N) is 2. The number of ether oxygens (including phenoxy) is 2. The summed E-state index contributed by atoms with van der Waals surface area (Å²) in [5, 5.41) is 6.29. The maximum atomic E-state index is 13.6. The first-order chi connectivity index (χ1) is 13.1. The molecule has 5 nitrogen and oxygen atoms in total. The van der Waals surface area contributed by atoms with Gasteiger partial charge in [-0.05, 0) is 42.2 Å². The molecule has 0 amide bonds. The quantitative estimate of drug-likeness (QED) is 0.328. The van der Waals surface area contributed by atoms with Crippen molar-refractivity contribution in [3.8, 4) is 11.5 Å². The van der Waals surface area contributed by atoms with Crippen molar-refractivity contribution in [1.82, 2.24) is 10.6 Å². The molecule has 0 fully saturated rings. The van der Waals surface area contributed by atoms with E-state index in [1.807, 2.05) is 18.2 Å². The van der Waals surface area contributed by atoms with Gasteiger partial charge in [-0.1, -0.05) is 18.2 Å². The molecule has 2 aromatic rings. The zero-order valence-corrected chi connectivity index (χ0v) is 18.6. The average Bonchev–Trinajstić information content (AvgIpc) is 2.69.